The molecule has 1 heteroatoms. The van der Waals surface area contributed by atoms with Crippen LogP contribution in [0.25, 0.3) is 44.5 Å². The summed E-state index contributed by atoms with van der Waals surface area (Å²) in [5, 5.41) is 0. The molecule has 0 unspecified atom stereocenters. The summed E-state index contributed by atoms with van der Waals surface area (Å²) in [7, 11) is 0. The lowest BCUT2D eigenvalue weighted by Crippen LogP contribution is -2.55. The molecular weight excluding hydrogens is 711 g/mol. The third-order valence-electron chi connectivity index (χ3n) is 15.0. The summed E-state index contributed by atoms with van der Waals surface area (Å²) in [5.41, 5.74) is 20.4. The average molecular weight is 760 g/mol. The molecule has 0 heterocycles. The number of hydrogen-bond donors (Lipinski definition) is 0. The lowest BCUT2D eigenvalue weighted by atomic mass is 9.42. The van der Waals surface area contributed by atoms with Gasteiger partial charge in [-0.05, 0) is 172 Å². The maximum Gasteiger partial charge on any atom is 0.0467 e. The summed E-state index contributed by atoms with van der Waals surface area (Å²) >= 11 is 0. The van der Waals surface area contributed by atoms with Crippen LogP contribution in [0.1, 0.15) is 61.6 Å². The van der Waals surface area contributed by atoms with E-state index < -0.39 is 0 Å². The minimum Gasteiger partial charge on any atom is -0.310 e. The van der Waals surface area contributed by atoms with Gasteiger partial charge in [0, 0.05) is 22.5 Å². The third-order valence-corrected chi connectivity index (χ3v) is 15.0. The molecule has 4 saturated carbocycles. The van der Waals surface area contributed by atoms with Crippen molar-refractivity contribution in [1.29, 1.82) is 0 Å². The number of nitrogens with zero attached hydrogens (tertiary/aromatic N) is 1. The number of hydrogen-bond acceptors (Lipinski definition) is 1. The molecule has 4 bridgehead atoms. The van der Waals surface area contributed by atoms with Crippen LogP contribution in [0.2, 0.25) is 0 Å². The van der Waals surface area contributed by atoms with E-state index in [9.17, 15) is 0 Å². The van der Waals surface area contributed by atoms with Gasteiger partial charge in [0.05, 0.1) is 0 Å². The van der Waals surface area contributed by atoms with Crippen molar-refractivity contribution in [3.8, 4) is 33.4 Å². The molecule has 1 spiro atoms. The van der Waals surface area contributed by atoms with Gasteiger partial charge >= 0.3 is 0 Å². The Hall–Kier alpha value is -6.18. The first-order valence-electron chi connectivity index (χ1n) is 22.1. The number of fused-ring (bicyclic) bond motifs is 2. The predicted molar refractivity (Wildman–Crippen MR) is 247 cm³/mol. The Labute approximate surface area is 349 Å². The van der Waals surface area contributed by atoms with Crippen molar-refractivity contribution < 1.29 is 0 Å². The van der Waals surface area contributed by atoms with Gasteiger partial charge in [-0.3, -0.25) is 0 Å². The van der Waals surface area contributed by atoms with Crippen LogP contribution in [0.5, 0.6) is 0 Å². The summed E-state index contributed by atoms with van der Waals surface area (Å²) < 4.78 is 0. The second-order valence-electron chi connectivity index (χ2n) is 18.0. The van der Waals surface area contributed by atoms with Crippen LogP contribution in [-0.4, -0.2) is 0 Å². The van der Waals surface area contributed by atoms with Crippen molar-refractivity contribution in [3.05, 3.63) is 210 Å². The molecule has 7 aromatic carbocycles. The number of allylic oxidation sites excluding steroid dienone is 4. The third kappa shape index (κ3) is 5.65. The van der Waals surface area contributed by atoms with Gasteiger partial charge in [0.2, 0.25) is 0 Å². The first kappa shape index (κ1) is 34.8. The van der Waals surface area contributed by atoms with Gasteiger partial charge in [-0.1, -0.05) is 151 Å². The Morgan fingerprint density at radius 1 is 0.407 bits per heavy atom. The van der Waals surface area contributed by atoms with Crippen molar-refractivity contribution in [2.45, 2.75) is 50.4 Å². The van der Waals surface area contributed by atoms with Crippen LogP contribution >= 0.6 is 0 Å². The minimum absolute atomic E-state index is 0.257. The normalized spacial score (nSPS) is 23.6. The van der Waals surface area contributed by atoms with Crippen molar-refractivity contribution in [2.75, 3.05) is 4.90 Å². The molecule has 59 heavy (non-hydrogen) atoms. The van der Waals surface area contributed by atoms with E-state index >= 15 is 0 Å². The maximum absolute atomic E-state index is 2.57. The highest BCUT2D eigenvalue weighted by Gasteiger charge is 2.62. The van der Waals surface area contributed by atoms with E-state index in [-0.39, 0.29) is 5.41 Å². The Morgan fingerprint density at radius 2 is 0.915 bits per heavy atom. The molecule has 0 aliphatic heterocycles. The lowest BCUT2D eigenvalue weighted by Gasteiger charge is -2.62. The van der Waals surface area contributed by atoms with Gasteiger partial charge in [-0.2, -0.15) is 0 Å². The molecule has 0 radical (unpaired) electrons. The van der Waals surface area contributed by atoms with Gasteiger partial charge in [-0.25, -0.2) is 0 Å². The fourth-order valence-corrected chi connectivity index (χ4v) is 12.8. The van der Waals surface area contributed by atoms with E-state index in [4.69, 9.17) is 0 Å². The molecule has 6 aliphatic rings. The Bertz CT molecular complexity index is 2640. The first-order valence-corrected chi connectivity index (χ1v) is 22.1. The van der Waals surface area contributed by atoms with Gasteiger partial charge in [0.25, 0.3) is 0 Å². The lowest BCUT2D eigenvalue weighted by molar-refractivity contribution is -0.0433. The van der Waals surface area contributed by atoms with E-state index in [0.29, 0.717) is 0 Å². The van der Waals surface area contributed by atoms with Crippen molar-refractivity contribution in [2.24, 2.45) is 23.7 Å². The van der Waals surface area contributed by atoms with Gasteiger partial charge in [-0.15, -0.1) is 0 Å². The molecule has 13 rings (SSSR count). The standard InChI is InChI=1S/C58H49N/c1-3-12-41(13-4-1)43-24-28-50(29-25-43)59(51-30-26-44(27-31-51)42-14-5-2-6-15-42)52-19-10-17-46(38-52)45-16-9-18-47(37-45)53-21-11-23-56-57(53)54-20-7-8-22-55(54)58(56)48-33-39-32-40(35-48)36-49(58)34-39/h1-10,12-22,24-31,37-40,48-49H,11,23,32-36H2. The molecular formula is C58H49N. The smallest absolute Gasteiger partial charge is 0.0467 e. The molecule has 0 atom stereocenters. The van der Waals surface area contributed by atoms with Crippen LogP contribution in [0.4, 0.5) is 17.1 Å². The second-order valence-corrected chi connectivity index (χ2v) is 18.0. The second kappa shape index (κ2) is 14.0. The molecule has 1 nitrogen and oxygen atoms in total. The fourth-order valence-electron chi connectivity index (χ4n) is 12.8. The summed E-state index contributed by atoms with van der Waals surface area (Å²) in [6.45, 7) is 0. The largest absolute Gasteiger partial charge is 0.310 e. The monoisotopic (exact) mass is 759 g/mol. The number of anilines is 3. The predicted octanol–water partition coefficient (Wildman–Crippen LogP) is 15.5. The quantitative estimate of drug-likeness (QED) is 0.156. The zero-order valence-electron chi connectivity index (χ0n) is 33.6. The van der Waals surface area contributed by atoms with Crippen molar-refractivity contribution in [1.82, 2.24) is 0 Å². The van der Waals surface area contributed by atoms with Crippen LogP contribution in [0.3, 0.4) is 0 Å². The molecule has 6 aliphatic carbocycles. The summed E-state index contributed by atoms with van der Waals surface area (Å²) in [4.78, 5) is 2.40. The topological polar surface area (TPSA) is 3.24 Å². The number of benzene rings is 7. The number of rotatable bonds is 7. The Morgan fingerprint density at radius 3 is 1.54 bits per heavy atom. The van der Waals surface area contributed by atoms with Crippen LogP contribution in [0.15, 0.2) is 194 Å². The minimum atomic E-state index is 0.257. The molecule has 4 fully saturated rings. The Kier molecular flexibility index (Phi) is 8.26. The van der Waals surface area contributed by atoms with E-state index in [0.717, 1.165) is 47.2 Å². The highest BCUT2D eigenvalue weighted by molar-refractivity contribution is 6.11. The van der Waals surface area contributed by atoms with Crippen molar-refractivity contribution >= 4 is 28.2 Å². The summed E-state index contributed by atoms with van der Waals surface area (Å²) in [6, 6.07) is 67.5. The van der Waals surface area contributed by atoms with E-state index in [1.54, 1.807) is 16.7 Å². The van der Waals surface area contributed by atoms with Gasteiger partial charge < -0.3 is 4.90 Å². The first-order chi connectivity index (χ1) is 29.2. The fraction of sp³-hybridized carbons (Fsp3) is 0.207. The SMILES string of the molecule is C1=C(c2cccc(-c3cccc(N(c4ccc(-c5ccccc5)cc4)c4ccc(-c5ccccc5)cc4)c3)c2)C2=C(CC1)C1(c3ccccc32)C2CC3CC(C2)CC1C3. The molecule has 0 saturated heterocycles. The molecule has 0 N–H and O–H groups in total. The van der Waals surface area contributed by atoms with Crippen LogP contribution in [-0.2, 0) is 5.41 Å². The molecule has 7 aromatic rings. The highest BCUT2D eigenvalue weighted by Crippen LogP contribution is 2.70. The zero-order valence-corrected chi connectivity index (χ0v) is 33.6. The van der Waals surface area contributed by atoms with Crippen LogP contribution in [0, 0.1) is 23.7 Å². The molecule has 0 amide bonds. The van der Waals surface area contributed by atoms with Crippen molar-refractivity contribution in [3.63, 3.8) is 0 Å². The van der Waals surface area contributed by atoms with Crippen LogP contribution < -0.4 is 4.90 Å². The van der Waals surface area contributed by atoms with E-state index in [1.165, 1.54) is 88.6 Å². The van der Waals surface area contributed by atoms with Gasteiger partial charge in [0.15, 0.2) is 0 Å². The van der Waals surface area contributed by atoms with E-state index in [2.05, 4.69) is 193 Å². The highest BCUT2D eigenvalue weighted by atomic mass is 15.1. The molecule has 286 valence electrons. The zero-order chi connectivity index (χ0) is 38.9. The summed E-state index contributed by atoms with van der Waals surface area (Å²) in [5.74, 6) is 3.55. The Balaban J connectivity index is 0.925. The summed E-state index contributed by atoms with van der Waals surface area (Å²) in [6.07, 6.45) is 12.2. The van der Waals surface area contributed by atoms with E-state index in [1.807, 2.05) is 0 Å². The molecule has 0 aromatic heterocycles. The average Bonchev–Trinajstić information content (AvgIpc) is 3.60. The maximum atomic E-state index is 2.57. The van der Waals surface area contributed by atoms with Gasteiger partial charge in [0.1, 0.15) is 0 Å².